The molecule has 1 heterocycles. The molecule has 1 amide bonds. The van der Waals surface area contributed by atoms with Gasteiger partial charge in [0.05, 0.1) is 24.9 Å². The summed E-state index contributed by atoms with van der Waals surface area (Å²) in [6, 6.07) is 7.43. The molecule has 112 valence electrons. The van der Waals surface area contributed by atoms with Crippen molar-refractivity contribution in [1.29, 1.82) is 0 Å². The third-order valence-electron chi connectivity index (χ3n) is 3.06. The molecular formula is C15H20N4O2. The van der Waals surface area contributed by atoms with E-state index in [9.17, 15) is 4.79 Å². The summed E-state index contributed by atoms with van der Waals surface area (Å²) in [7, 11) is 3.47. The van der Waals surface area contributed by atoms with Crippen LogP contribution >= 0.6 is 0 Å². The SMILES string of the molecule is CN(C)C(=O)c1ccccc1NCc1cnn(CCO)c1. The molecule has 6 heteroatoms. The van der Waals surface area contributed by atoms with Gasteiger partial charge in [0.2, 0.25) is 0 Å². The van der Waals surface area contributed by atoms with Crippen LogP contribution < -0.4 is 5.32 Å². The number of aromatic nitrogens is 2. The van der Waals surface area contributed by atoms with Gasteiger partial charge in [-0.15, -0.1) is 0 Å². The van der Waals surface area contributed by atoms with Crippen molar-refractivity contribution < 1.29 is 9.90 Å². The van der Waals surface area contributed by atoms with Gasteiger partial charge >= 0.3 is 0 Å². The second-order valence-electron chi connectivity index (χ2n) is 4.93. The molecule has 0 unspecified atom stereocenters. The maximum absolute atomic E-state index is 12.1. The summed E-state index contributed by atoms with van der Waals surface area (Å²) in [4.78, 5) is 13.7. The van der Waals surface area contributed by atoms with Crippen LogP contribution in [-0.2, 0) is 13.1 Å². The van der Waals surface area contributed by atoms with E-state index in [0.29, 0.717) is 18.7 Å². The van der Waals surface area contributed by atoms with Crippen molar-refractivity contribution in [2.75, 3.05) is 26.0 Å². The lowest BCUT2D eigenvalue weighted by molar-refractivity contribution is 0.0828. The number of anilines is 1. The van der Waals surface area contributed by atoms with Gasteiger partial charge in [-0.25, -0.2) is 0 Å². The molecule has 1 aromatic carbocycles. The fraction of sp³-hybridized carbons (Fsp3) is 0.333. The minimum Gasteiger partial charge on any atom is -0.394 e. The Hall–Kier alpha value is -2.34. The van der Waals surface area contributed by atoms with Crippen molar-refractivity contribution >= 4 is 11.6 Å². The van der Waals surface area contributed by atoms with E-state index in [1.165, 1.54) is 0 Å². The van der Waals surface area contributed by atoms with Gasteiger partial charge in [-0.1, -0.05) is 12.1 Å². The number of nitrogens with zero attached hydrogens (tertiary/aromatic N) is 3. The number of hydrogen-bond donors (Lipinski definition) is 2. The van der Waals surface area contributed by atoms with Crippen LogP contribution in [0.25, 0.3) is 0 Å². The third-order valence-corrected chi connectivity index (χ3v) is 3.06. The fourth-order valence-corrected chi connectivity index (χ4v) is 1.98. The fourth-order valence-electron chi connectivity index (χ4n) is 1.98. The molecule has 1 aromatic heterocycles. The van der Waals surface area contributed by atoms with E-state index in [1.807, 2.05) is 24.4 Å². The summed E-state index contributed by atoms with van der Waals surface area (Å²) in [6.45, 7) is 1.12. The maximum Gasteiger partial charge on any atom is 0.255 e. The first-order valence-corrected chi connectivity index (χ1v) is 6.78. The van der Waals surface area contributed by atoms with Crippen molar-refractivity contribution in [3.63, 3.8) is 0 Å². The number of benzene rings is 1. The first-order chi connectivity index (χ1) is 10.1. The normalized spacial score (nSPS) is 10.4. The largest absolute Gasteiger partial charge is 0.394 e. The van der Waals surface area contributed by atoms with Gasteiger partial charge in [0, 0.05) is 38.1 Å². The molecular weight excluding hydrogens is 268 g/mol. The number of hydrogen-bond acceptors (Lipinski definition) is 4. The molecule has 0 bridgehead atoms. The molecule has 21 heavy (non-hydrogen) atoms. The minimum absolute atomic E-state index is 0.0333. The summed E-state index contributed by atoms with van der Waals surface area (Å²) < 4.78 is 1.69. The average molecular weight is 288 g/mol. The number of nitrogens with one attached hydrogen (secondary N) is 1. The Kier molecular flexibility index (Phi) is 4.94. The van der Waals surface area contributed by atoms with Crippen molar-refractivity contribution in [3.8, 4) is 0 Å². The van der Waals surface area contributed by atoms with Crippen molar-refractivity contribution in [2.24, 2.45) is 0 Å². The number of carbonyl (C=O) groups is 1. The van der Waals surface area contributed by atoms with E-state index in [4.69, 9.17) is 5.11 Å². The molecule has 0 radical (unpaired) electrons. The molecule has 0 atom stereocenters. The predicted molar refractivity (Wildman–Crippen MR) is 81.1 cm³/mol. The van der Waals surface area contributed by atoms with E-state index in [2.05, 4.69) is 10.4 Å². The number of amides is 1. The lowest BCUT2D eigenvalue weighted by atomic mass is 10.1. The highest BCUT2D eigenvalue weighted by molar-refractivity contribution is 5.99. The van der Waals surface area contributed by atoms with Crippen molar-refractivity contribution in [1.82, 2.24) is 14.7 Å². The smallest absolute Gasteiger partial charge is 0.255 e. The topological polar surface area (TPSA) is 70.4 Å². The highest BCUT2D eigenvalue weighted by Crippen LogP contribution is 2.17. The van der Waals surface area contributed by atoms with Crippen LogP contribution in [0.5, 0.6) is 0 Å². The zero-order chi connectivity index (χ0) is 15.2. The van der Waals surface area contributed by atoms with Crippen LogP contribution in [0.3, 0.4) is 0 Å². The molecule has 0 saturated carbocycles. The van der Waals surface area contributed by atoms with Crippen LogP contribution in [0.2, 0.25) is 0 Å². The van der Waals surface area contributed by atoms with Gasteiger partial charge in [-0.3, -0.25) is 9.48 Å². The Balaban J connectivity index is 2.07. The number of aliphatic hydroxyl groups is 1. The van der Waals surface area contributed by atoms with E-state index in [1.54, 1.807) is 35.9 Å². The molecule has 0 aliphatic heterocycles. The molecule has 2 N–H and O–H groups in total. The molecule has 2 aromatic rings. The highest BCUT2D eigenvalue weighted by Gasteiger charge is 2.12. The van der Waals surface area contributed by atoms with Crippen LogP contribution in [0, 0.1) is 0 Å². The van der Waals surface area contributed by atoms with Gasteiger partial charge in [0.15, 0.2) is 0 Å². The van der Waals surface area contributed by atoms with E-state index >= 15 is 0 Å². The lowest BCUT2D eigenvalue weighted by Crippen LogP contribution is -2.22. The van der Waals surface area contributed by atoms with E-state index < -0.39 is 0 Å². The number of para-hydroxylation sites is 1. The van der Waals surface area contributed by atoms with Crippen LogP contribution in [-0.4, -0.2) is 46.4 Å². The summed E-state index contributed by atoms with van der Waals surface area (Å²) in [6.07, 6.45) is 3.62. The standard InChI is InChI=1S/C15H20N4O2/c1-18(2)15(21)13-5-3-4-6-14(13)16-9-12-10-17-19(11-12)7-8-20/h3-6,10-11,16,20H,7-9H2,1-2H3. The number of carbonyl (C=O) groups excluding carboxylic acids is 1. The number of aliphatic hydroxyl groups excluding tert-OH is 1. The zero-order valence-electron chi connectivity index (χ0n) is 12.3. The molecule has 0 spiro atoms. The average Bonchev–Trinajstić information content (AvgIpc) is 2.92. The van der Waals surface area contributed by atoms with Crippen molar-refractivity contribution in [3.05, 3.63) is 47.8 Å². The van der Waals surface area contributed by atoms with Gasteiger partial charge < -0.3 is 15.3 Å². The Morgan fingerprint density at radius 2 is 2.14 bits per heavy atom. The minimum atomic E-state index is -0.0333. The summed E-state index contributed by atoms with van der Waals surface area (Å²) in [5.74, 6) is -0.0333. The Labute approximate surface area is 124 Å². The second-order valence-corrected chi connectivity index (χ2v) is 4.93. The first kappa shape index (κ1) is 15.1. The molecule has 0 fully saturated rings. The Morgan fingerprint density at radius 1 is 1.38 bits per heavy atom. The molecule has 2 rings (SSSR count). The zero-order valence-corrected chi connectivity index (χ0v) is 12.3. The van der Waals surface area contributed by atoms with Crippen LogP contribution in [0.15, 0.2) is 36.7 Å². The lowest BCUT2D eigenvalue weighted by Gasteiger charge is -2.14. The Bertz CT molecular complexity index is 607. The Morgan fingerprint density at radius 3 is 2.86 bits per heavy atom. The van der Waals surface area contributed by atoms with Gasteiger partial charge in [0.1, 0.15) is 0 Å². The van der Waals surface area contributed by atoms with E-state index in [0.717, 1.165) is 11.3 Å². The summed E-state index contributed by atoms with van der Waals surface area (Å²) in [5.41, 5.74) is 2.44. The number of rotatable bonds is 6. The quantitative estimate of drug-likeness (QED) is 0.837. The third kappa shape index (κ3) is 3.82. The van der Waals surface area contributed by atoms with Crippen LogP contribution in [0.4, 0.5) is 5.69 Å². The van der Waals surface area contributed by atoms with E-state index in [-0.39, 0.29) is 12.5 Å². The maximum atomic E-state index is 12.1. The van der Waals surface area contributed by atoms with Gasteiger partial charge in [-0.05, 0) is 12.1 Å². The van der Waals surface area contributed by atoms with Crippen LogP contribution in [0.1, 0.15) is 15.9 Å². The molecule has 0 aliphatic rings. The molecule has 0 aliphatic carbocycles. The van der Waals surface area contributed by atoms with Gasteiger partial charge in [0.25, 0.3) is 5.91 Å². The van der Waals surface area contributed by atoms with Gasteiger partial charge in [-0.2, -0.15) is 5.10 Å². The monoisotopic (exact) mass is 288 g/mol. The summed E-state index contributed by atoms with van der Waals surface area (Å²) in [5, 5.41) is 16.3. The van der Waals surface area contributed by atoms with Crippen molar-refractivity contribution in [2.45, 2.75) is 13.1 Å². The first-order valence-electron chi connectivity index (χ1n) is 6.78. The second kappa shape index (κ2) is 6.90. The highest BCUT2D eigenvalue weighted by atomic mass is 16.3. The predicted octanol–water partition coefficient (Wildman–Crippen LogP) is 1.19. The summed E-state index contributed by atoms with van der Waals surface area (Å²) >= 11 is 0. The molecule has 6 nitrogen and oxygen atoms in total. The molecule has 0 saturated heterocycles.